The molecule has 3 aromatic rings. The van der Waals surface area contributed by atoms with Crippen molar-refractivity contribution in [3.8, 4) is 0 Å². The SMILES string of the molecule is CCc1c(C)[nH]c2c1sc1ccccc12. The average Bonchev–Trinajstić information content (AvgIpc) is 2.72. The number of H-pyrrole nitrogens is 1. The Kier molecular flexibility index (Phi) is 1.86. The molecule has 2 aromatic heterocycles. The van der Waals surface area contributed by atoms with Crippen LogP contribution in [0.2, 0.25) is 0 Å². The number of hydrogen-bond acceptors (Lipinski definition) is 1. The van der Waals surface area contributed by atoms with Crippen molar-refractivity contribution < 1.29 is 0 Å². The molecule has 3 rings (SSSR count). The van der Waals surface area contributed by atoms with Crippen LogP contribution in [-0.4, -0.2) is 4.98 Å². The average molecular weight is 215 g/mol. The van der Waals surface area contributed by atoms with Crippen molar-refractivity contribution in [2.45, 2.75) is 20.3 Å². The van der Waals surface area contributed by atoms with Gasteiger partial charge in [0.1, 0.15) is 0 Å². The Morgan fingerprint density at radius 3 is 2.87 bits per heavy atom. The van der Waals surface area contributed by atoms with Crippen LogP contribution in [0.25, 0.3) is 20.3 Å². The predicted molar refractivity (Wildman–Crippen MR) is 67.8 cm³/mol. The van der Waals surface area contributed by atoms with E-state index in [2.05, 4.69) is 43.1 Å². The zero-order valence-corrected chi connectivity index (χ0v) is 9.74. The van der Waals surface area contributed by atoms with E-state index < -0.39 is 0 Å². The molecule has 0 aliphatic carbocycles. The zero-order chi connectivity index (χ0) is 10.4. The van der Waals surface area contributed by atoms with Gasteiger partial charge >= 0.3 is 0 Å². The minimum absolute atomic E-state index is 1.11. The zero-order valence-electron chi connectivity index (χ0n) is 8.92. The molecule has 0 amide bonds. The van der Waals surface area contributed by atoms with Crippen molar-refractivity contribution in [2.24, 2.45) is 0 Å². The largest absolute Gasteiger partial charge is 0.357 e. The van der Waals surface area contributed by atoms with Crippen LogP contribution < -0.4 is 0 Å². The molecule has 1 nitrogen and oxygen atoms in total. The second kappa shape index (κ2) is 3.11. The molecule has 1 N–H and O–H groups in total. The molecule has 0 aliphatic heterocycles. The van der Waals surface area contributed by atoms with Crippen molar-refractivity contribution in [3.05, 3.63) is 35.5 Å². The standard InChI is InChI=1S/C13H13NS/c1-3-9-8(2)14-12-10-6-4-5-7-11(10)15-13(9)12/h4-7,14H,3H2,1-2H3. The summed E-state index contributed by atoms with van der Waals surface area (Å²) in [6.07, 6.45) is 1.11. The van der Waals surface area contributed by atoms with Crippen LogP contribution in [0.5, 0.6) is 0 Å². The lowest BCUT2D eigenvalue weighted by molar-refractivity contribution is 1.11. The molecule has 0 saturated carbocycles. The van der Waals surface area contributed by atoms with Gasteiger partial charge in [0, 0.05) is 15.8 Å². The smallest absolute Gasteiger partial charge is 0.0648 e. The highest BCUT2D eigenvalue weighted by molar-refractivity contribution is 7.26. The Morgan fingerprint density at radius 2 is 2.07 bits per heavy atom. The number of aromatic amines is 1. The van der Waals surface area contributed by atoms with E-state index in [1.54, 1.807) is 0 Å². The Balaban J connectivity index is 2.52. The molecule has 76 valence electrons. The summed E-state index contributed by atoms with van der Waals surface area (Å²) in [5.41, 5.74) is 4.13. The van der Waals surface area contributed by atoms with E-state index in [0.29, 0.717) is 0 Å². The molecule has 1 aromatic carbocycles. The van der Waals surface area contributed by atoms with E-state index >= 15 is 0 Å². The first-order chi connectivity index (χ1) is 7.31. The summed E-state index contributed by atoms with van der Waals surface area (Å²) in [6.45, 7) is 4.39. The van der Waals surface area contributed by atoms with Crippen LogP contribution in [0, 0.1) is 6.92 Å². The van der Waals surface area contributed by atoms with Crippen LogP contribution >= 0.6 is 11.3 Å². The first-order valence-corrected chi connectivity index (χ1v) is 6.11. The summed E-state index contributed by atoms with van der Waals surface area (Å²) in [5, 5.41) is 1.36. The maximum atomic E-state index is 3.51. The minimum Gasteiger partial charge on any atom is -0.357 e. The first kappa shape index (κ1) is 8.98. The lowest BCUT2D eigenvalue weighted by atomic mass is 10.2. The summed E-state index contributed by atoms with van der Waals surface area (Å²) in [4.78, 5) is 3.51. The Labute approximate surface area is 92.7 Å². The highest BCUT2D eigenvalue weighted by Crippen LogP contribution is 2.36. The van der Waals surface area contributed by atoms with Gasteiger partial charge in [-0.1, -0.05) is 25.1 Å². The van der Waals surface area contributed by atoms with Gasteiger partial charge in [0.2, 0.25) is 0 Å². The van der Waals surface area contributed by atoms with Gasteiger partial charge in [0.05, 0.1) is 10.2 Å². The summed E-state index contributed by atoms with van der Waals surface area (Å²) in [6, 6.07) is 8.61. The molecular weight excluding hydrogens is 202 g/mol. The van der Waals surface area contributed by atoms with E-state index in [4.69, 9.17) is 0 Å². The first-order valence-electron chi connectivity index (χ1n) is 5.30. The van der Waals surface area contributed by atoms with Gasteiger partial charge in [0.15, 0.2) is 0 Å². The van der Waals surface area contributed by atoms with Crippen LogP contribution in [0.3, 0.4) is 0 Å². The molecule has 0 aliphatic rings. The molecule has 0 atom stereocenters. The van der Waals surface area contributed by atoms with Gasteiger partial charge in [-0.05, 0) is 25.0 Å². The third-order valence-corrected chi connectivity index (χ3v) is 4.22. The molecule has 0 unspecified atom stereocenters. The van der Waals surface area contributed by atoms with E-state index in [-0.39, 0.29) is 0 Å². The summed E-state index contributed by atoms with van der Waals surface area (Å²) in [7, 11) is 0. The second-order valence-electron chi connectivity index (χ2n) is 3.88. The molecule has 2 heterocycles. The maximum Gasteiger partial charge on any atom is 0.0648 e. The monoisotopic (exact) mass is 215 g/mol. The van der Waals surface area contributed by atoms with Gasteiger partial charge in [-0.2, -0.15) is 0 Å². The van der Waals surface area contributed by atoms with Crippen molar-refractivity contribution in [2.75, 3.05) is 0 Å². The molecule has 2 heteroatoms. The van der Waals surface area contributed by atoms with Crippen molar-refractivity contribution in [3.63, 3.8) is 0 Å². The van der Waals surface area contributed by atoms with E-state index in [9.17, 15) is 0 Å². The van der Waals surface area contributed by atoms with Gasteiger partial charge in [-0.25, -0.2) is 0 Å². The third kappa shape index (κ3) is 1.15. The minimum atomic E-state index is 1.11. The van der Waals surface area contributed by atoms with E-state index in [1.807, 2.05) is 11.3 Å². The van der Waals surface area contributed by atoms with Crippen molar-refractivity contribution in [1.82, 2.24) is 4.98 Å². The normalized spacial score (nSPS) is 11.6. The van der Waals surface area contributed by atoms with Crippen LogP contribution in [0.1, 0.15) is 18.2 Å². The number of nitrogens with one attached hydrogen (secondary N) is 1. The van der Waals surface area contributed by atoms with Gasteiger partial charge < -0.3 is 4.98 Å². The second-order valence-corrected chi connectivity index (χ2v) is 4.94. The number of aromatic nitrogens is 1. The fraction of sp³-hybridized carbons (Fsp3) is 0.231. The lowest BCUT2D eigenvalue weighted by Gasteiger charge is -1.92. The van der Waals surface area contributed by atoms with Crippen LogP contribution in [-0.2, 0) is 6.42 Å². The fourth-order valence-corrected chi connectivity index (χ4v) is 3.57. The Hall–Kier alpha value is -1.28. The lowest BCUT2D eigenvalue weighted by Crippen LogP contribution is -1.79. The fourth-order valence-electron chi connectivity index (χ4n) is 2.24. The quantitative estimate of drug-likeness (QED) is 0.624. The van der Waals surface area contributed by atoms with E-state index in [1.165, 1.54) is 31.6 Å². The number of fused-ring (bicyclic) bond motifs is 3. The topological polar surface area (TPSA) is 15.8 Å². The summed E-state index contributed by atoms with van der Waals surface area (Å²) in [5.74, 6) is 0. The van der Waals surface area contributed by atoms with Crippen molar-refractivity contribution in [1.29, 1.82) is 0 Å². The molecule has 0 fully saturated rings. The van der Waals surface area contributed by atoms with Crippen LogP contribution in [0.4, 0.5) is 0 Å². The highest BCUT2D eigenvalue weighted by Gasteiger charge is 2.11. The number of aryl methyl sites for hydroxylation is 2. The molecule has 0 spiro atoms. The van der Waals surface area contributed by atoms with Crippen LogP contribution in [0.15, 0.2) is 24.3 Å². The van der Waals surface area contributed by atoms with E-state index in [0.717, 1.165) is 6.42 Å². The summed E-state index contributed by atoms with van der Waals surface area (Å²) < 4.78 is 2.82. The number of thiophene rings is 1. The molecular formula is C13H13NS. The van der Waals surface area contributed by atoms with Crippen molar-refractivity contribution >= 4 is 31.6 Å². The Bertz CT molecular complexity index is 630. The number of rotatable bonds is 1. The Morgan fingerprint density at radius 1 is 1.27 bits per heavy atom. The number of hydrogen-bond donors (Lipinski definition) is 1. The van der Waals surface area contributed by atoms with Gasteiger partial charge in [-0.3, -0.25) is 0 Å². The molecule has 0 saturated heterocycles. The highest BCUT2D eigenvalue weighted by atomic mass is 32.1. The molecule has 15 heavy (non-hydrogen) atoms. The number of benzene rings is 1. The molecule has 0 radical (unpaired) electrons. The maximum absolute atomic E-state index is 3.51. The predicted octanol–water partition coefficient (Wildman–Crippen LogP) is 4.25. The summed E-state index contributed by atoms with van der Waals surface area (Å²) >= 11 is 1.90. The van der Waals surface area contributed by atoms with Gasteiger partial charge in [0.25, 0.3) is 0 Å². The molecule has 0 bridgehead atoms. The van der Waals surface area contributed by atoms with Gasteiger partial charge in [-0.15, -0.1) is 11.3 Å². The third-order valence-electron chi connectivity index (χ3n) is 2.99.